The van der Waals surface area contributed by atoms with Crippen LogP contribution >= 0.6 is 23.2 Å². The van der Waals surface area contributed by atoms with E-state index in [4.69, 9.17) is 27.9 Å². The minimum atomic E-state index is -4.54. The molecule has 0 aliphatic rings. The molecular weight excluding hydrogens is 302 g/mol. The minimum Gasteiger partial charge on any atom is -0.374 e. The molecule has 0 radical (unpaired) electrons. The van der Waals surface area contributed by atoms with Gasteiger partial charge in [0, 0.05) is 11.6 Å². The van der Waals surface area contributed by atoms with Crippen molar-refractivity contribution >= 4 is 34.1 Å². The molecule has 0 heterocycles. The molecule has 0 fully saturated rings. The molecule has 0 N–H and O–H groups in total. The van der Waals surface area contributed by atoms with Crippen molar-refractivity contribution < 1.29 is 17.9 Å². The Kier molecular flexibility index (Phi) is 6.10. The first-order valence-corrected chi connectivity index (χ1v) is 6.27. The Labute approximate surface area is 119 Å². The predicted octanol–water partition coefficient (Wildman–Crippen LogP) is 5.05. The van der Waals surface area contributed by atoms with Gasteiger partial charge in [0.2, 0.25) is 0 Å². The van der Waals surface area contributed by atoms with E-state index in [1.807, 2.05) is 6.92 Å². The highest BCUT2D eigenvalue weighted by Gasteiger charge is 2.33. The Morgan fingerprint density at radius 3 is 2.63 bits per heavy atom. The third-order valence-electron chi connectivity index (χ3n) is 2.08. The molecule has 0 unspecified atom stereocenters. The molecular formula is C12H12Cl2F3NO. The number of hydrogen-bond acceptors (Lipinski definition) is 2. The maximum Gasteiger partial charge on any atom is 0.418 e. The van der Waals surface area contributed by atoms with Gasteiger partial charge in [-0.05, 0) is 24.6 Å². The summed E-state index contributed by atoms with van der Waals surface area (Å²) in [4.78, 5) is 3.72. The second kappa shape index (κ2) is 7.12. The summed E-state index contributed by atoms with van der Waals surface area (Å²) in [7, 11) is 0. The van der Waals surface area contributed by atoms with Gasteiger partial charge in [-0.2, -0.15) is 13.2 Å². The maximum atomic E-state index is 12.8. The largest absolute Gasteiger partial charge is 0.418 e. The number of rotatable bonds is 5. The summed E-state index contributed by atoms with van der Waals surface area (Å²) >= 11 is 11.3. The molecule has 1 aromatic carbocycles. The summed E-state index contributed by atoms with van der Waals surface area (Å²) in [6.45, 7) is 2.36. The summed E-state index contributed by atoms with van der Waals surface area (Å²) in [5.74, 6) is 0. The molecule has 19 heavy (non-hydrogen) atoms. The van der Waals surface area contributed by atoms with Crippen LogP contribution in [0, 0.1) is 0 Å². The second-order valence-corrected chi connectivity index (χ2v) is 4.57. The Bertz CT molecular complexity index is 461. The van der Waals surface area contributed by atoms with Crippen LogP contribution in [0.25, 0.3) is 0 Å². The maximum absolute atomic E-state index is 12.8. The van der Waals surface area contributed by atoms with Crippen LogP contribution in [0.15, 0.2) is 23.2 Å². The van der Waals surface area contributed by atoms with Crippen molar-refractivity contribution in [2.24, 2.45) is 4.99 Å². The summed E-state index contributed by atoms with van der Waals surface area (Å²) in [6, 6.07) is 3.32. The molecule has 0 saturated carbocycles. The number of aliphatic imine (C=N–C) groups is 1. The Balaban J connectivity index is 2.97. The summed E-state index contributed by atoms with van der Waals surface area (Å²) in [5, 5.41) is -0.0501. The van der Waals surface area contributed by atoms with Crippen molar-refractivity contribution in [2.45, 2.75) is 19.5 Å². The van der Waals surface area contributed by atoms with Crippen molar-refractivity contribution in [1.82, 2.24) is 0 Å². The third kappa shape index (κ3) is 5.38. The van der Waals surface area contributed by atoms with E-state index in [-0.39, 0.29) is 22.5 Å². The van der Waals surface area contributed by atoms with E-state index in [2.05, 4.69) is 4.99 Å². The number of nitrogens with zero attached hydrogens (tertiary/aromatic N) is 1. The van der Waals surface area contributed by atoms with Gasteiger partial charge >= 0.3 is 6.18 Å². The lowest BCUT2D eigenvalue weighted by Gasteiger charge is -2.10. The van der Waals surface area contributed by atoms with Crippen molar-refractivity contribution in [1.29, 1.82) is 0 Å². The Morgan fingerprint density at radius 1 is 1.37 bits per heavy atom. The highest BCUT2D eigenvalue weighted by molar-refractivity contribution is 6.66. The molecule has 0 amide bonds. The van der Waals surface area contributed by atoms with Crippen LogP contribution in [0.4, 0.5) is 18.9 Å². The zero-order chi connectivity index (χ0) is 14.5. The number of hydrogen-bond donors (Lipinski definition) is 0. The average molecular weight is 314 g/mol. The Morgan fingerprint density at radius 2 is 2.05 bits per heavy atom. The zero-order valence-corrected chi connectivity index (χ0v) is 11.6. The minimum absolute atomic E-state index is 0.00960. The van der Waals surface area contributed by atoms with Crippen LogP contribution in [0.1, 0.15) is 18.9 Å². The van der Waals surface area contributed by atoms with E-state index in [1.54, 1.807) is 0 Å². The van der Waals surface area contributed by atoms with Gasteiger partial charge in [-0.15, -0.1) is 0 Å². The first-order chi connectivity index (χ1) is 8.84. The fraction of sp³-hybridized carbons (Fsp3) is 0.417. The lowest BCUT2D eigenvalue weighted by atomic mass is 10.2. The molecule has 7 heteroatoms. The second-order valence-electron chi connectivity index (χ2n) is 3.70. The van der Waals surface area contributed by atoms with Crippen LogP contribution in [0.5, 0.6) is 0 Å². The topological polar surface area (TPSA) is 21.6 Å². The fourth-order valence-electron chi connectivity index (χ4n) is 1.30. The molecule has 0 aliphatic heterocycles. The van der Waals surface area contributed by atoms with E-state index in [0.29, 0.717) is 6.61 Å². The average Bonchev–Trinajstić information content (AvgIpc) is 2.30. The molecule has 0 aliphatic carbocycles. The van der Waals surface area contributed by atoms with Gasteiger partial charge in [-0.3, -0.25) is 0 Å². The highest BCUT2D eigenvalue weighted by atomic mass is 35.5. The van der Waals surface area contributed by atoms with Gasteiger partial charge in [-0.1, -0.05) is 30.1 Å². The van der Waals surface area contributed by atoms with Crippen LogP contribution < -0.4 is 0 Å². The van der Waals surface area contributed by atoms with E-state index in [9.17, 15) is 13.2 Å². The molecule has 0 atom stereocenters. The van der Waals surface area contributed by atoms with Gasteiger partial charge in [0.25, 0.3) is 0 Å². The third-order valence-corrected chi connectivity index (χ3v) is 2.50. The molecule has 0 saturated heterocycles. The van der Waals surface area contributed by atoms with E-state index in [0.717, 1.165) is 12.5 Å². The highest BCUT2D eigenvalue weighted by Crippen LogP contribution is 2.38. The van der Waals surface area contributed by atoms with Crippen LogP contribution in [0.2, 0.25) is 5.02 Å². The van der Waals surface area contributed by atoms with Gasteiger partial charge < -0.3 is 4.74 Å². The number of halogens is 5. The standard InChI is InChI=1S/C12H12Cl2F3NO/c1-2-5-19-7-11(14)18-10-4-3-8(13)6-9(10)12(15,16)17/h3-4,6H,2,5,7H2,1H3. The molecule has 0 aromatic heterocycles. The smallest absolute Gasteiger partial charge is 0.374 e. The number of alkyl halides is 3. The van der Waals surface area contributed by atoms with E-state index < -0.39 is 11.7 Å². The fourth-order valence-corrected chi connectivity index (χ4v) is 1.64. The van der Waals surface area contributed by atoms with Gasteiger partial charge in [0.05, 0.1) is 17.9 Å². The summed E-state index contributed by atoms with van der Waals surface area (Å²) in [6.07, 6.45) is -3.75. The summed E-state index contributed by atoms with van der Waals surface area (Å²) in [5.41, 5.74) is -1.20. The van der Waals surface area contributed by atoms with Crippen molar-refractivity contribution in [3.8, 4) is 0 Å². The molecule has 2 nitrogen and oxygen atoms in total. The molecule has 0 spiro atoms. The van der Waals surface area contributed by atoms with Crippen LogP contribution in [-0.4, -0.2) is 18.4 Å². The first-order valence-electron chi connectivity index (χ1n) is 5.52. The van der Waals surface area contributed by atoms with Crippen LogP contribution in [-0.2, 0) is 10.9 Å². The lowest BCUT2D eigenvalue weighted by Crippen LogP contribution is -2.07. The monoisotopic (exact) mass is 313 g/mol. The SMILES string of the molecule is CCCOCC(Cl)=Nc1ccc(Cl)cc1C(F)(F)F. The molecule has 1 rings (SSSR count). The quantitative estimate of drug-likeness (QED) is 0.550. The zero-order valence-electron chi connectivity index (χ0n) is 10.1. The van der Waals surface area contributed by atoms with Gasteiger partial charge in [-0.25, -0.2) is 4.99 Å². The number of ether oxygens (including phenoxy) is 1. The summed E-state index contributed by atoms with van der Waals surface area (Å²) < 4.78 is 43.4. The first kappa shape index (κ1) is 16.3. The van der Waals surface area contributed by atoms with Crippen molar-refractivity contribution in [3.63, 3.8) is 0 Å². The van der Waals surface area contributed by atoms with Crippen molar-refractivity contribution in [2.75, 3.05) is 13.2 Å². The van der Waals surface area contributed by atoms with E-state index >= 15 is 0 Å². The van der Waals surface area contributed by atoms with Gasteiger partial charge in [0.1, 0.15) is 5.17 Å². The Hall–Kier alpha value is -0.780. The molecule has 1 aromatic rings. The van der Waals surface area contributed by atoms with Crippen LogP contribution in [0.3, 0.4) is 0 Å². The van der Waals surface area contributed by atoms with Gasteiger partial charge in [0.15, 0.2) is 0 Å². The van der Waals surface area contributed by atoms with E-state index in [1.165, 1.54) is 12.1 Å². The molecule has 0 bridgehead atoms. The van der Waals surface area contributed by atoms with Crippen molar-refractivity contribution in [3.05, 3.63) is 28.8 Å². The number of benzene rings is 1. The normalized spacial score (nSPS) is 12.8. The predicted molar refractivity (Wildman–Crippen MR) is 70.5 cm³/mol. The lowest BCUT2D eigenvalue weighted by molar-refractivity contribution is -0.137. The molecule has 106 valence electrons.